The third kappa shape index (κ3) is 1.87. The molecule has 4 fully saturated rings. The lowest BCUT2D eigenvalue weighted by Crippen LogP contribution is -2.61. The first-order valence-corrected chi connectivity index (χ1v) is 9.37. The first kappa shape index (κ1) is 15.4. The van der Waals surface area contributed by atoms with Gasteiger partial charge in [0.1, 0.15) is 11.4 Å². The lowest BCUT2D eigenvalue weighted by molar-refractivity contribution is -0.153. The number of hydrogen-bond acceptors (Lipinski definition) is 4. The molecule has 0 aromatic heterocycles. The van der Waals surface area contributed by atoms with Gasteiger partial charge in [-0.2, -0.15) is 0 Å². The summed E-state index contributed by atoms with van der Waals surface area (Å²) < 4.78 is 5.36. The van der Waals surface area contributed by atoms with E-state index in [0.29, 0.717) is 24.8 Å². The van der Waals surface area contributed by atoms with E-state index >= 15 is 0 Å². The molecule has 1 aromatic rings. The summed E-state index contributed by atoms with van der Waals surface area (Å²) in [6, 6.07) is 5.95. The molecule has 4 heterocycles. The summed E-state index contributed by atoms with van der Waals surface area (Å²) in [5.74, 6) is 1.82. The van der Waals surface area contributed by atoms with E-state index < -0.39 is 5.60 Å². The third-order valence-corrected chi connectivity index (χ3v) is 6.92. The smallest absolute Gasteiger partial charge is 0.225 e. The van der Waals surface area contributed by atoms with Crippen LogP contribution in [0.15, 0.2) is 23.2 Å². The largest absolute Gasteiger partial charge is 0.497 e. The molecule has 1 aromatic carbocycles. The summed E-state index contributed by atoms with van der Waals surface area (Å²) in [5.41, 5.74) is 1.52. The van der Waals surface area contributed by atoms with E-state index in [2.05, 4.69) is 11.8 Å². The van der Waals surface area contributed by atoms with Crippen LogP contribution < -0.4 is 4.74 Å². The van der Waals surface area contributed by atoms with E-state index in [-0.39, 0.29) is 17.9 Å². The molecule has 1 amide bonds. The molecule has 4 bridgehead atoms. The molecule has 1 aliphatic carbocycles. The molecule has 132 valence electrons. The van der Waals surface area contributed by atoms with Crippen LogP contribution in [0.1, 0.15) is 38.2 Å². The third-order valence-electron chi connectivity index (χ3n) is 6.92. The monoisotopic (exact) mass is 340 g/mol. The van der Waals surface area contributed by atoms with Crippen LogP contribution in [-0.4, -0.2) is 41.3 Å². The van der Waals surface area contributed by atoms with Crippen molar-refractivity contribution >= 4 is 17.3 Å². The topological polar surface area (TPSA) is 62.1 Å². The van der Waals surface area contributed by atoms with Crippen LogP contribution in [0.3, 0.4) is 0 Å². The van der Waals surface area contributed by atoms with Gasteiger partial charge in [0.05, 0.1) is 18.5 Å². The van der Waals surface area contributed by atoms with Crippen molar-refractivity contribution in [3.8, 4) is 5.75 Å². The van der Waals surface area contributed by atoms with Gasteiger partial charge in [-0.15, -0.1) is 0 Å². The first-order valence-electron chi connectivity index (χ1n) is 9.37. The molecule has 5 nitrogen and oxygen atoms in total. The van der Waals surface area contributed by atoms with Gasteiger partial charge in [0, 0.05) is 36.4 Å². The predicted octanol–water partition coefficient (Wildman–Crippen LogP) is 2.64. The molecular formula is C20H24N2O3. The number of hydrogen-bond donors (Lipinski definition) is 1. The lowest BCUT2D eigenvalue weighted by atomic mass is 9.63. The fourth-order valence-corrected chi connectivity index (χ4v) is 5.74. The predicted molar refractivity (Wildman–Crippen MR) is 94.1 cm³/mol. The number of rotatable bonds is 2. The van der Waals surface area contributed by atoms with Crippen molar-refractivity contribution in [3.63, 3.8) is 0 Å². The van der Waals surface area contributed by atoms with E-state index in [4.69, 9.17) is 9.73 Å². The van der Waals surface area contributed by atoms with E-state index in [0.717, 1.165) is 42.0 Å². The summed E-state index contributed by atoms with van der Waals surface area (Å²) in [6.07, 6.45) is 3.43. The van der Waals surface area contributed by atoms with Crippen molar-refractivity contribution < 1.29 is 14.6 Å². The van der Waals surface area contributed by atoms with E-state index in [1.54, 1.807) is 7.11 Å². The molecule has 6 rings (SSSR count). The highest BCUT2D eigenvalue weighted by Gasteiger charge is 2.59. The van der Waals surface area contributed by atoms with Crippen LogP contribution in [0, 0.1) is 17.8 Å². The van der Waals surface area contributed by atoms with Crippen LogP contribution in [0.25, 0.3) is 0 Å². The second kappa shape index (κ2) is 5.07. The van der Waals surface area contributed by atoms with E-state index in [9.17, 15) is 9.90 Å². The van der Waals surface area contributed by atoms with Gasteiger partial charge in [-0.05, 0) is 37.0 Å². The Morgan fingerprint density at radius 3 is 3.00 bits per heavy atom. The van der Waals surface area contributed by atoms with Crippen molar-refractivity contribution in [2.75, 3.05) is 13.7 Å². The lowest BCUT2D eigenvalue weighted by Gasteiger charge is -2.52. The molecule has 25 heavy (non-hydrogen) atoms. The SMILES string of the molecule is CC[C@H]1C[C@@H]2C[C@H]3C4=Nc5ccc(OC)cc5[C@]4(O)CCN(C2=O)[C@@H]13. The van der Waals surface area contributed by atoms with Gasteiger partial charge in [-0.3, -0.25) is 9.79 Å². The molecule has 0 unspecified atom stereocenters. The second-order valence-corrected chi connectivity index (χ2v) is 7.96. The molecule has 1 N–H and O–H groups in total. The first-order chi connectivity index (χ1) is 12.1. The normalized spacial score (nSPS) is 38.1. The van der Waals surface area contributed by atoms with Crippen molar-refractivity contribution in [1.82, 2.24) is 4.90 Å². The Hall–Kier alpha value is -1.88. The molecular weight excluding hydrogens is 316 g/mol. The van der Waals surface area contributed by atoms with Gasteiger partial charge < -0.3 is 14.7 Å². The van der Waals surface area contributed by atoms with Crippen LogP contribution in [0.5, 0.6) is 5.75 Å². The molecule has 3 saturated heterocycles. The van der Waals surface area contributed by atoms with E-state index in [1.807, 2.05) is 18.2 Å². The summed E-state index contributed by atoms with van der Waals surface area (Å²) in [4.78, 5) is 19.7. The number of benzene rings is 1. The number of fused-ring (bicyclic) bond motifs is 4. The van der Waals surface area contributed by atoms with Gasteiger partial charge in [0.2, 0.25) is 5.91 Å². The number of methoxy groups -OCH3 is 1. The Morgan fingerprint density at radius 2 is 2.24 bits per heavy atom. The Bertz CT molecular complexity index is 789. The Balaban J connectivity index is 1.64. The van der Waals surface area contributed by atoms with Crippen LogP contribution >= 0.6 is 0 Å². The number of carbonyl (C=O) groups excluding carboxylic acids is 1. The maximum Gasteiger partial charge on any atom is 0.225 e. The molecule has 5 aliphatic rings. The Morgan fingerprint density at radius 1 is 1.40 bits per heavy atom. The number of piperidine rings is 2. The van der Waals surface area contributed by atoms with Gasteiger partial charge in [0.15, 0.2) is 0 Å². The molecule has 0 radical (unpaired) electrons. The minimum atomic E-state index is -1.06. The summed E-state index contributed by atoms with van der Waals surface area (Å²) in [6.45, 7) is 2.82. The highest BCUT2D eigenvalue weighted by atomic mass is 16.5. The van der Waals surface area contributed by atoms with Crippen LogP contribution in [0.2, 0.25) is 0 Å². The standard InChI is InChI=1S/C20H24N2O3/c1-3-11-8-12-9-14-17(11)22(19(12)23)7-6-20(24)15-10-13(25-2)4-5-16(15)21-18(14)20/h4-5,10-12,14,17,24H,3,6-9H2,1-2H3/t11-,12+,14+,17-,20+/m0/s1. The number of aliphatic hydroxyl groups is 1. The fraction of sp³-hybridized carbons (Fsp3) is 0.600. The quantitative estimate of drug-likeness (QED) is 0.900. The number of aliphatic imine (C=N–C) groups is 1. The fourth-order valence-electron chi connectivity index (χ4n) is 5.74. The van der Waals surface area contributed by atoms with Crippen molar-refractivity contribution in [3.05, 3.63) is 23.8 Å². The van der Waals surface area contributed by atoms with Crippen LogP contribution in [0.4, 0.5) is 5.69 Å². The average molecular weight is 340 g/mol. The number of ether oxygens (including phenoxy) is 1. The molecule has 1 saturated carbocycles. The molecule has 5 heteroatoms. The zero-order valence-electron chi connectivity index (χ0n) is 14.7. The van der Waals surface area contributed by atoms with Crippen molar-refractivity contribution in [1.29, 1.82) is 0 Å². The average Bonchev–Trinajstić information content (AvgIpc) is 2.87. The maximum atomic E-state index is 12.8. The zero-order chi connectivity index (χ0) is 17.3. The van der Waals surface area contributed by atoms with E-state index in [1.165, 1.54) is 0 Å². The van der Waals surface area contributed by atoms with Gasteiger partial charge >= 0.3 is 0 Å². The molecule has 4 aliphatic heterocycles. The summed E-state index contributed by atoms with van der Waals surface area (Å²) in [5, 5.41) is 11.7. The van der Waals surface area contributed by atoms with Gasteiger partial charge in [-0.1, -0.05) is 13.3 Å². The molecule has 0 spiro atoms. The summed E-state index contributed by atoms with van der Waals surface area (Å²) in [7, 11) is 1.64. The Kier molecular flexibility index (Phi) is 3.12. The highest BCUT2D eigenvalue weighted by molar-refractivity contribution is 6.04. The summed E-state index contributed by atoms with van der Waals surface area (Å²) >= 11 is 0. The van der Waals surface area contributed by atoms with Crippen molar-refractivity contribution in [2.24, 2.45) is 22.7 Å². The van der Waals surface area contributed by atoms with Crippen LogP contribution in [-0.2, 0) is 10.4 Å². The minimum absolute atomic E-state index is 0.100. The second-order valence-electron chi connectivity index (χ2n) is 7.96. The van der Waals surface area contributed by atoms with Crippen molar-refractivity contribution in [2.45, 2.75) is 44.2 Å². The Labute approximate surface area is 147 Å². The van der Waals surface area contributed by atoms with Gasteiger partial charge in [-0.25, -0.2) is 0 Å². The zero-order valence-corrected chi connectivity index (χ0v) is 14.7. The van der Waals surface area contributed by atoms with Gasteiger partial charge in [0.25, 0.3) is 0 Å². The molecule has 5 atom stereocenters. The number of nitrogens with zero attached hydrogens (tertiary/aromatic N) is 2. The number of carbonyl (C=O) groups is 1. The minimum Gasteiger partial charge on any atom is -0.497 e. The number of amides is 1. The maximum absolute atomic E-state index is 12.8. The highest BCUT2D eigenvalue weighted by Crippen LogP contribution is 2.54.